The van der Waals surface area contributed by atoms with Gasteiger partial charge in [-0.1, -0.05) is 11.6 Å². The summed E-state index contributed by atoms with van der Waals surface area (Å²) < 4.78 is 5.98. The van der Waals surface area contributed by atoms with Gasteiger partial charge in [-0.2, -0.15) is 0 Å². The monoisotopic (exact) mass is 363 g/mol. The van der Waals surface area contributed by atoms with Crippen LogP contribution >= 0.6 is 27.5 Å². The second-order valence-electron chi connectivity index (χ2n) is 4.57. The number of ketones is 1. The van der Waals surface area contributed by atoms with Crippen molar-refractivity contribution in [2.75, 3.05) is 7.11 Å². The van der Waals surface area contributed by atoms with Gasteiger partial charge >= 0.3 is 0 Å². The first-order valence-corrected chi connectivity index (χ1v) is 7.42. The van der Waals surface area contributed by atoms with Gasteiger partial charge in [-0.25, -0.2) is 0 Å². The van der Waals surface area contributed by atoms with Gasteiger partial charge in [-0.3, -0.25) is 4.79 Å². The van der Waals surface area contributed by atoms with Crippen LogP contribution in [0.4, 0.5) is 0 Å². The zero-order chi connectivity index (χ0) is 15.0. The van der Waals surface area contributed by atoms with Crippen LogP contribution in [0.5, 0.6) is 5.75 Å². The number of benzene rings is 2. The standard InChI is InChI=1S/C16H11BrClNO2/c1-21-10-3-5-15-11(7-10)12(8-19-15)16(20)9-2-4-13(17)14(18)6-9/h2-8,19H,1H3. The van der Waals surface area contributed by atoms with Gasteiger partial charge < -0.3 is 9.72 Å². The smallest absolute Gasteiger partial charge is 0.195 e. The fourth-order valence-electron chi connectivity index (χ4n) is 2.21. The molecule has 0 bridgehead atoms. The molecule has 0 atom stereocenters. The lowest BCUT2D eigenvalue weighted by atomic mass is 10.0. The minimum atomic E-state index is -0.0797. The number of nitrogens with one attached hydrogen (secondary N) is 1. The van der Waals surface area contributed by atoms with Crippen molar-refractivity contribution in [3.05, 3.63) is 63.2 Å². The number of hydrogen-bond donors (Lipinski definition) is 1. The number of halogens is 2. The fraction of sp³-hybridized carbons (Fsp3) is 0.0625. The topological polar surface area (TPSA) is 42.1 Å². The SMILES string of the molecule is COc1ccc2[nH]cc(C(=O)c3ccc(Br)c(Cl)c3)c2c1. The maximum Gasteiger partial charge on any atom is 0.195 e. The molecule has 3 nitrogen and oxygen atoms in total. The highest BCUT2D eigenvalue weighted by Crippen LogP contribution is 2.28. The molecule has 0 spiro atoms. The number of carbonyl (C=O) groups excluding carboxylic acids is 1. The first-order chi connectivity index (χ1) is 10.1. The predicted octanol–water partition coefficient (Wildman–Crippen LogP) is 4.82. The first-order valence-electron chi connectivity index (χ1n) is 6.25. The van der Waals surface area contributed by atoms with Gasteiger partial charge in [-0.15, -0.1) is 0 Å². The Hall–Kier alpha value is -1.78. The Kier molecular flexibility index (Phi) is 3.74. The quantitative estimate of drug-likeness (QED) is 0.677. The zero-order valence-corrected chi connectivity index (χ0v) is 13.5. The molecule has 1 N–H and O–H groups in total. The summed E-state index contributed by atoms with van der Waals surface area (Å²) in [4.78, 5) is 15.7. The highest BCUT2D eigenvalue weighted by molar-refractivity contribution is 9.10. The number of hydrogen-bond acceptors (Lipinski definition) is 2. The van der Waals surface area contributed by atoms with Crippen LogP contribution in [0.1, 0.15) is 15.9 Å². The number of H-pyrrole nitrogens is 1. The summed E-state index contributed by atoms with van der Waals surface area (Å²) in [6.07, 6.45) is 1.71. The number of rotatable bonds is 3. The van der Waals surface area contributed by atoms with Crippen molar-refractivity contribution < 1.29 is 9.53 Å². The minimum Gasteiger partial charge on any atom is -0.497 e. The minimum absolute atomic E-state index is 0.0797. The lowest BCUT2D eigenvalue weighted by Gasteiger charge is -2.03. The summed E-state index contributed by atoms with van der Waals surface area (Å²) >= 11 is 9.38. The Balaban J connectivity index is 2.10. The van der Waals surface area contributed by atoms with Crippen molar-refractivity contribution in [1.29, 1.82) is 0 Å². The number of methoxy groups -OCH3 is 1. The summed E-state index contributed by atoms with van der Waals surface area (Å²) in [6.45, 7) is 0. The van der Waals surface area contributed by atoms with Crippen molar-refractivity contribution in [2.45, 2.75) is 0 Å². The van der Waals surface area contributed by atoms with E-state index in [1.165, 1.54) is 0 Å². The number of fused-ring (bicyclic) bond motifs is 1. The van der Waals surface area contributed by atoms with Gasteiger partial charge in [0.1, 0.15) is 5.75 Å². The van der Waals surface area contributed by atoms with Crippen LogP contribution < -0.4 is 4.74 Å². The third kappa shape index (κ3) is 2.57. The van der Waals surface area contributed by atoms with Crippen molar-refractivity contribution in [3.63, 3.8) is 0 Å². The molecular formula is C16H11BrClNO2. The average Bonchev–Trinajstić information content (AvgIpc) is 2.92. The van der Waals surface area contributed by atoms with Gasteiger partial charge in [-0.05, 0) is 52.3 Å². The highest BCUT2D eigenvalue weighted by Gasteiger charge is 2.15. The molecule has 0 radical (unpaired) electrons. The van der Waals surface area contributed by atoms with E-state index in [2.05, 4.69) is 20.9 Å². The summed E-state index contributed by atoms with van der Waals surface area (Å²) in [5.41, 5.74) is 2.04. The Labute approximate surface area is 135 Å². The lowest BCUT2D eigenvalue weighted by Crippen LogP contribution is -2.00. The molecule has 0 aliphatic heterocycles. The van der Waals surface area contributed by atoms with Gasteiger partial charge in [0.25, 0.3) is 0 Å². The van der Waals surface area contributed by atoms with Crippen LogP contribution in [-0.2, 0) is 0 Å². The van der Waals surface area contributed by atoms with Crippen LogP contribution in [0.2, 0.25) is 5.02 Å². The van der Waals surface area contributed by atoms with Crippen molar-refractivity contribution in [2.24, 2.45) is 0 Å². The lowest BCUT2D eigenvalue weighted by molar-refractivity contribution is 0.104. The molecule has 21 heavy (non-hydrogen) atoms. The van der Waals surface area contributed by atoms with Crippen molar-refractivity contribution in [3.8, 4) is 5.75 Å². The van der Waals surface area contributed by atoms with Crippen molar-refractivity contribution in [1.82, 2.24) is 4.98 Å². The van der Waals surface area contributed by atoms with E-state index in [-0.39, 0.29) is 5.78 Å². The Morgan fingerprint density at radius 2 is 2.05 bits per heavy atom. The van der Waals surface area contributed by atoms with E-state index >= 15 is 0 Å². The fourth-order valence-corrected chi connectivity index (χ4v) is 2.63. The van der Waals surface area contributed by atoms with E-state index in [1.807, 2.05) is 18.2 Å². The van der Waals surface area contributed by atoms with E-state index < -0.39 is 0 Å². The molecule has 3 rings (SSSR count). The molecule has 0 amide bonds. The molecule has 2 aromatic carbocycles. The van der Waals surface area contributed by atoms with Crippen LogP contribution in [0.25, 0.3) is 10.9 Å². The number of aromatic nitrogens is 1. The Bertz CT molecular complexity index is 841. The molecule has 5 heteroatoms. The van der Waals surface area contributed by atoms with Crippen LogP contribution in [0.3, 0.4) is 0 Å². The summed E-state index contributed by atoms with van der Waals surface area (Å²) in [7, 11) is 1.60. The second-order valence-corrected chi connectivity index (χ2v) is 5.83. The zero-order valence-electron chi connectivity index (χ0n) is 11.1. The van der Waals surface area contributed by atoms with Crippen molar-refractivity contribution >= 4 is 44.2 Å². The maximum absolute atomic E-state index is 12.6. The molecular weight excluding hydrogens is 354 g/mol. The Morgan fingerprint density at radius 3 is 2.76 bits per heavy atom. The first kappa shape index (κ1) is 14.2. The summed E-state index contributed by atoms with van der Waals surface area (Å²) in [5.74, 6) is 0.633. The van der Waals surface area contributed by atoms with E-state index in [1.54, 1.807) is 31.5 Å². The number of aromatic amines is 1. The Morgan fingerprint density at radius 1 is 1.24 bits per heavy atom. The van der Waals surface area contributed by atoms with Crippen LogP contribution in [-0.4, -0.2) is 17.9 Å². The van der Waals surface area contributed by atoms with E-state index in [0.717, 1.165) is 15.4 Å². The van der Waals surface area contributed by atoms with Crippen LogP contribution in [0.15, 0.2) is 47.1 Å². The third-order valence-corrected chi connectivity index (χ3v) is 4.55. The maximum atomic E-state index is 12.6. The molecule has 0 aliphatic carbocycles. The average molecular weight is 365 g/mol. The molecule has 1 aromatic heterocycles. The number of ether oxygens (including phenoxy) is 1. The molecule has 0 saturated carbocycles. The van der Waals surface area contributed by atoms with E-state index in [0.29, 0.717) is 21.9 Å². The summed E-state index contributed by atoms with van der Waals surface area (Å²) in [5, 5.41) is 1.34. The molecule has 0 unspecified atom stereocenters. The number of carbonyl (C=O) groups is 1. The largest absolute Gasteiger partial charge is 0.497 e. The molecule has 106 valence electrons. The molecule has 0 fully saturated rings. The highest BCUT2D eigenvalue weighted by atomic mass is 79.9. The molecule has 0 saturated heterocycles. The normalized spacial score (nSPS) is 10.8. The summed E-state index contributed by atoms with van der Waals surface area (Å²) in [6, 6.07) is 10.8. The third-order valence-electron chi connectivity index (χ3n) is 3.32. The second kappa shape index (κ2) is 5.54. The van der Waals surface area contributed by atoms with E-state index in [9.17, 15) is 4.79 Å². The molecule has 1 heterocycles. The van der Waals surface area contributed by atoms with Crippen LogP contribution in [0, 0.1) is 0 Å². The van der Waals surface area contributed by atoms with Gasteiger partial charge in [0.15, 0.2) is 5.78 Å². The van der Waals surface area contributed by atoms with Gasteiger partial charge in [0, 0.05) is 32.7 Å². The van der Waals surface area contributed by atoms with Gasteiger partial charge in [0.2, 0.25) is 0 Å². The molecule has 0 aliphatic rings. The molecule has 3 aromatic rings. The van der Waals surface area contributed by atoms with E-state index in [4.69, 9.17) is 16.3 Å². The van der Waals surface area contributed by atoms with Gasteiger partial charge in [0.05, 0.1) is 12.1 Å². The predicted molar refractivity (Wildman–Crippen MR) is 87.4 cm³/mol.